The van der Waals surface area contributed by atoms with Gasteiger partial charge in [-0.15, -0.1) is 0 Å². The number of aliphatic carboxylic acids is 1. The number of hydrogen-bond acceptors (Lipinski definition) is 4. The molecule has 0 fully saturated rings. The summed E-state index contributed by atoms with van der Waals surface area (Å²) in [6, 6.07) is 18.0. The number of nitrogens with zero attached hydrogens (tertiary/aromatic N) is 1. The smallest absolute Gasteiger partial charge is 0.303 e. The van der Waals surface area contributed by atoms with Crippen molar-refractivity contribution in [1.82, 2.24) is 15.5 Å². The van der Waals surface area contributed by atoms with E-state index in [1.54, 1.807) is 7.11 Å². The van der Waals surface area contributed by atoms with E-state index in [-0.39, 0.29) is 12.5 Å². The number of hydrogen-bond donors (Lipinski definition) is 3. The summed E-state index contributed by atoms with van der Waals surface area (Å²) in [6.45, 7) is 0.606. The Labute approximate surface area is 164 Å². The van der Waals surface area contributed by atoms with Gasteiger partial charge >= 0.3 is 5.97 Å². The zero-order chi connectivity index (χ0) is 19.8. The summed E-state index contributed by atoms with van der Waals surface area (Å²) in [4.78, 5) is 11.0. The van der Waals surface area contributed by atoms with E-state index in [1.165, 1.54) is 5.56 Å². The molecule has 0 radical (unpaired) electrons. The van der Waals surface area contributed by atoms with E-state index in [1.807, 2.05) is 48.7 Å². The largest absolute Gasteiger partial charge is 0.497 e. The minimum absolute atomic E-state index is 0.0668. The van der Waals surface area contributed by atoms with Crippen LogP contribution in [0, 0.1) is 0 Å². The van der Waals surface area contributed by atoms with E-state index >= 15 is 0 Å². The van der Waals surface area contributed by atoms with Crippen molar-refractivity contribution in [3.05, 3.63) is 71.9 Å². The monoisotopic (exact) mass is 379 g/mol. The van der Waals surface area contributed by atoms with Crippen LogP contribution < -0.4 is 10.1 Å². The third-order valence-corrected chi connectivity index (χ3v) is 4.71. The highest BCUT2D eigenvalue weighted by molar-refractivity contribution is 5.66. The van der Waals surface area contributed by atoms with E-state index in [9.17, 15) is 4.79 Å². The molecular formula is C22H25N3O3. The molecule has 2 aromatic carbocycles. The lowest BCUT2D eigenvalue weighted by Gasteiger charge is -2.18. The molecule has 3 aromatic rings. The first-order chi connectivity index (χ1) is 13.7. The van der Waals surface area contributed by atoms with Gasteiger partial charge in [-0.3, -0.25) is 9.89 Å². The number of aromatic nitrogens is 2. The predicted octanol–water partition coefficient (Wildman–Crippen LogP) is 3.65. The van der Waals surface area contributed by atoms with Gasteiger partial charge in [-0.05, 0) is 42.7 Å². The summed E-state index contributed by atoms with van der Waals surface area (Å²) in [5.74, 6) is 0.0293. The Morgan fingerprint density at radius 2 is 1.93 bits per heavy atom. The molecule has 3 rings (SSSR count). The minimum Gasteiger partial charge on any atom is -0.497 e. The number of rotatable bonds is 10. The normalized spacial score (nSPS) is 11.9. The zero-order valence-corrected chi connectivity index (χ0v) is 15.9. The van der Waals surface area contributed by atoms with Crippen molar-refractivity contribution in [3.8, 4) is 17.0 Å². The van der Waals surface area contributed by atoms with Crippen molar-refractivity contribution in [2.45, 2.75) is 31.8 Å². The van der Waals surface area contributed by atoms with Gasteiger partial charge in [0.05, 0.1) is 19.0 Å². The molecule has 6 nitrogen and oxygen atoms in total. The van der Waals surface area contributed by atoms with Crippen LogP contribution in [0.25, 0.3) is 11.3 Å². The number of benzene rings is 2. The maximum Gasteiger partial charge on any atom is 0.303 e. The molecule has 146 valence electrons. The number of carboxylic acid groups (broad SMARTS) is 1. The summed E-state index contributed by atoms with van der Waals surface area (Å²) >= 11 is 0. The summed E-state index contributed by atoms with van der Waals surface area (Å²) in [5, 5.41) is 19.8. The molecule has 0 saturated carbocycles. The van der Waals surface area contributed by atoms with Crippen molar-refractivity contribution in [1.29, 1.82) is 0 Å². The lowest BCUT2D eigenvalue weighted by atomic mass is 10.0. The topological polar surface area (TPSA) is 87.2 Å². The zero-order valence-electron chi connectivity index (χ0n) is 15.9. The third kappa shape index (κ3) is 5.44. The van der Waals surface area contributed by atoms with Gasteiger partial charge in [-0.1, -0.05) is 30.3 Å². The molecule has 0 saturated heterocycles. The van der Waals surface area contributed by atoms with Gasteiger partial charge in [0.1, 0.15) is 5.75 Å². The Morgan fingerprint density at radius 1 is 1.18 bits per heavy atom. The maximum absolute atomic E-state index is 11.0. The Balaban J connectivity index is 1.68. The van der Waals surface area contributed by atoms with Crippen molar-refractivity contribution >= 4 is 5.97 Å². The number of carboxylic acids is 1. The quantitative estimate of drug-likeness (QED) is 0.500. The molecule has 1 unspecified atom stereocenters. The first kappa shape index (κ1) is 19.6. The van der Waals surface area contributed by atoms with Crippen LogP contribution in [0.4, 0.5) is 0 Å². The summed E-state index contributed by atoms with van der Waals surface area (Å²) in [6.07, 6.45) is 3.30. The molecule has 3 N–H and O–H groups in total. The first-order valence-electron chi connectivity index (χ1n) is 9.31. The summed E-state index contributed by atoms with van der Waals surface area (Å²) < 4.78 is 5.21. The Bertz CT molecular complexity index is 876. The fourth-order valence-corrected chi connectivity index (χ4v) is 3.18. The van der Waals surface area contributed by atoms with Crippen molar-refractivity contribution in [2.24, 2.45) is 0 Å². The molecule has 0 bridgehead atoms. The van der Waals surface area contributed by atoms with E-state index < -0.39 is 5.97 Å². The second-order valence-electron chi connectivity index (χ2n) is 6.70. The third-order valence-electron chi connectivity index (χ3n) is 4.71. The predicted molar refractivity (Wildman–Crippen MR) is 108 cm³/mol. The number of aromatic amines is 1. The van der Waals surface area contributed by atoms with Gasteiger partial charge in [-0.2, -0.15) is 5.10 Å². The van der Waals surface area contributed by atoms with Crippen LogP contribution in [0.3, 0.4) is 0 Å². The SMILES string of the molecule is COc1ccc(-c2[nH]ncc2CNC(CCC(=O)O)Cc2ccccc2)cc1. The molecule has 1 heterocycles. The van der Waals surface area contributed by atoms with Gasteiger partial charge < -0.3 is 15.2 Å². The fraction of sp³-hybridized carbons (Fsp3) is 0.273. The molecule has 0 spiro atoms. The summed E-state index contributed by atoms with van der Waals surface area (Å²) in [5.41, 5.74) is 4.21. The van der Waals surface area contributed by atoms with Crippen molar-refractivity contribution < 1.29 is 14.6 Å². The highest BCUT2D eigenvalue weighted by atomic mass is 16.5. The second-order valence-corrected chi connectivity index (χ2v) is 6.70. The maximum atomic E-state index is 11.0. The number of ether oxygens (including phenoxy) is 1. The number of nitrogens with one attached hydrogen (secondary N) is 2. The Hall–Kier alpha value is -3.12. The Morgan fingerprint density at radius 3 is 2.61 bits per heavy atom. The van der Waals surface area contributed by atoms with Crippen LogP contribution in [0.1, 0.15) is 24.0 Å². The van der Waals surface area contributed by atoms with Gasteiger partial charge in [0.25, 0.3) is 0 Å². The van der Waals surface area contributed by atoms with Gasteiger partial charge in [0.15, 0.2) is 0 Å². The second kappa shape index (κ2) is 9.71. The molecule has 0 aliphatic rings. The van der Waals surface area contributed by atoms with E-state index in [0.29, 0.717) is 13.0 Å². The lowest BCUT2D eigenvalue weighted by molar-refractivity contribution is -0.137. The van der Waals surface area contributed by atoms with Crippen LogP contribution in [0.15, 0.2) is 60.8 Å². The highest BCUT2D eigenvalue weighted by Crippen LogP contribution is 2.24. The number of methoxy groups -OCH3 is 1. The van der Waals surface area contributed by atoms with Crippen LogP contribution >= 0.6 is 0 Å². The van der Waals surface area contributed by atoms with E-state index in [2.05, 4.69) is 27.6 Å². The molecule has 6 heteroatoms. The van der Waals surface area contributed by atoms with E-state index in [0.717, 1.165) is 29.0 Å². The Kier molecular flexibility index (Phi) is 6.81. The van der Waals surface area contributed by atoms with Crippen LogP contribution in [0.2, 0.25) is 0 Å². The molecule has 1 aromatic heterocycles. The van der Waals surface area contributed by atoms with Crippen LogP contribution in [0.5, 0.6) is 5.75 Å². The number of carbonyl (C=O) groups is 1. The molecule has 0 amide bonds. The molecule has 0 aliphatic heterocycles. The molecule has 0 aliphatic carbocycles. The van der Waals surface area contributed by atoms with Crippen LogP contribution in [-0.4, -0.2) is 34.4 Å². The molecule has 1 atom stereocenters. The van der Waals surface area contributed by atoms with Crippen molar-refractivity contribution in [2.75, 3.05) is 7.11 Å². The van der Waals surface area contributed by atoms with E-state index in [4.69, 9.17) is 9.84 Å². The molecular weight excluding hydrogens is 354 g/mol. The van der Waals surface area contributed by atoms with Gasteiger partial charge in [-0.25, -0.2) is 0 Å². The lowest BCUT2D eigenvalue weighted by Crippen LogP contribution is -2.31. The van der Waals surface area contributed by atoms with Crippen molar-refractivity contribution in [3.63, 3.8) is 0 Å². The number of H-pyrrole nitrogens is 1. The fourth-order valence-electron chi connectivity index (χ4n) is 3.18. The van der Waals surface area contributed by atoms with Gasteiger partial charge in [0, 0.05) is 30.1 Å². The summed E-state index contributed by atoms with van der Waals surface area (Å²) in [7, 11) is 1.64. The molecule has 28 heavy (non-hydrogen) atoms. The van der Waals surface area contributed by atoms with Gasteiger partial charge in [0.2, 0.25) is 0 Å². The average Bonchev–Trinajstić information content (AvgIpc) is 3.19. The average molecular weight is 379 g/mol. The highest BCUT2D eigenvalue weighted by Gasteiger charge is 2.14. The van der Waals surface area contributed by atoms with Crippen LogP contribution in [-0.2, 0) is 17.8 Å². The standard InChI is InChI=1S/C22H25N3O3/c1-28-20-10-7-17(8-11-20)22-18(15-24-25-22)14-23-19(9-12-21(26)27)13-16-5-3-2-4-6-16/h2-8,10-11,15,19,23H,9,12-14H2,1H3,(H,24,25)(H,26,27). The minimum atomic E-state index is -0.776. The first-order valence-corrected chi connectivity index (χ1v) is 9.31.